The molecule has 0 fully saturated rings. The Bertz CT molecular complexity index is 1230. The average molecular weight is 472 g/mol. The lowest BCUT2D eigenvalue weighted by molar-refractivity contribution is 0.153. The van der Waals surface area contributed by atoms with Crippen molar-refractivity contribution in [2.24, 2.45) is 0 Å². The van der Waals surface area contributed by atoms with E-state index in [4.69, 9.17) is 10.1 Å². The molecule has 7 nitrogen and oxygen atoms in total. The van der Waals surface area contributed by atoms with Gasteiger partial charge in [-0.2, -0.15) is 4.39 Å². The Balaban J connectivity index is 1.94. The maximum atomic E-state index is 14.9. The predicted molar refractivity (Wildman–Crippen MR) is 129 cm³/mol. The summed E-state index contributed by atoms with van der Waals surface area (Å²) in [6, 6.07) is 6.15. The zero-order chi connectivity index (χ0) is 25.0. The fourth-order valence-electron chi connectivity index (χ4n) is 3.68. The van der Waals surface area contributed by atoms with Crippen LogP contribution in [0.4, 0.5) is 8.78 Å². The summed E-state index contributed by atoms with van der Waals surface area (Å²) >= 11 is 0. The van der Waals surface area contributed by atoms with Gasteiger partial charge in [0.15, 0.2) is 11.6 Å². The van der Waals surface area contributed by atoms with Crippen LogP contribution in [0.5, 0.6) is 5.75 Å². The van der Waals surface area contributed by atoms with Crippen molar-refractivity contribution in [2.75, 3.05) is 20.7 Å². The summed E-state index contributed by atoms with van der Waals surface area (Å²) < 4.78 is 36.7. The Kier molecular flexibility index (Phi) is 7.68. The molecule has 4 N–H and O–H groups in total. The van der Waals surface area contributed by atoms with Crippen LogP contribution in [0.15, 0.2) is 47.9 Å². The van der Waals surface area contributed by atoms with Crippen molar-refractivity contribution in [3.8, 4) is 16.9 Å². The van der Waals surface area contributed by atoms with E-state index >= 15 is 0 Å². The standard InChI is InChI=1S/C25H31F2N5O2/c1-15(30-5)18(24(28)25(2,3)33)10-11-34-23-19(7-8-20(26)22(23)27)16-6-9-21-31-13-17(12-29-4)32(21)14-16/h6-9,13-14,28-30,33H,10-12H2,1-5H3/b18-15-,28-24?. The molecule has 0 aliphatic carbocycles. The highest BCUT2D eigenvalue weighted by Crippen LogP contribution is 2.34. The number of imidazole rings is 1. The van der Waals surface area contributed by atoms with Crippen LogP contribution in [0.2, 0.25) is 0 Å². The Morgan fingerprint density at radius 2 is 1.94 bits per heavy atom. The Hall–Kier alpha value is -3.30. The number of fused-ring (bicyclic) bond motifs is 1. The third-order valence-electron chi connectivity index (χ3n) is 5.64. The van der Waals surface area contributed by atoms with E-state index in [0.717, 1.165) is 17.4 Å². The molecule has 3 aromatic rings. The second kappa shape index (κ2) is 10.3. The van der Waals surface area contributed by atoms with Crippen LogP contribution in [0.25, 0.3) is 16.8 Å². The van der Waals surface area contributed by atoms with Gasteiger partial charge in [-0.3, -0.25) is 0 Å². The van der Waals surface area contributed by atoms with E-state index < -0.39 is 17.2 Å². The number of aliphatic hydroxyl groups is 1. The van der Waals surface area contributed by atoms with Crippen LogP contribution in [0.1, 0.15) is 32.9 Å². The first kappa shape index (κ1) is 25.3. The molecule has 0 amide bonds. The van der Waals surface area contributed by atoms with Gasteiger partial charge in [0.05, 0.1) is 24.2 Å². The molecule has 0 bridgehead atoms. The van der Waals surface area contributed by atoms with Crippen molar-refractivity contribution in [3.63, 3.8) is 0 Å². The Labute approximate surface area is 198 Å². The number of ether oxygens (including phenoxy) is 1. The number of hydrogen-bond acceptors (Lipinski definition) is 6. The number of aromatic nitrogens is 2. The summed E-state index contributed by atoms with van der Waals surface area (Å²) in [6.45, 7) is 5.42. The van der Waals surface area contributed by atoms with Gasteiger partial charge in [0.1, 0.15) is 11.2 Å². The van der Waals surface area contributed by atoms with Crippen LogP contribution in [-0.4, -0.2) is 46.5 Å². The van der Waals surface area contributed by atoms with Crippen LogP contribution in [0.3, 0.4) is 0 Å². The first-order valence-corrected chi connectivity index (χ1v) is 11.0. The zero-order valence-corrected chi connectivity index (χ0v) is 20.1. The molecule has 0 atom stereocenters. The van der Waals surface area contributed by atoms with Crippen LogP contribution in [0, 0.1) is 17.0 Å². The molecule has 2 heterocycles. The molecule has 1 aromatic carbocycles. The van der Waals surface area contributed by atoms with E-state index in [2.05, 4.69) is 15.6 Å². The lowest BCUT2D eigenvalue weighted by Gasteiger charge is -2.23. The number of allylic oxidation sites excluding steroid dienone is 1. The molecule has 0 aliphatic heterocycles. The Morgan fingerprint density at radius 1 is 1.21 bits per heavy atom. The van der Waals surface area contributed by atoms with Gasteiger partial charge in [-0.1, -0.05) is 0 Å². The average Bonchev–Trinajstić information content (AvgIpc) is 3.20. The summed E-state index contributed by atoms with van der Waals surface area (Å²) in [4.78, 5) is 4.36. The van der Waals surface area contributed by atoms with Gasteiger partial charge in [-0.15, -0.1) is 0 Å². The van der Waals surface area contributed by atoms with E-state index in [0.29, 0.717) is 28.9 Å². The quantitative estimate of drug-likeness (QED) is 0.335. The molecule has 182 valence electrons. The molecule has 0 saturated carbocycles. The van der Waals surface area contributed by atoms with Crippen molar-refractivity contribution in [1.29, 1.82) is 5.41 Å². The third kappa shape index (κ3) is 5.26. The molecule has 9 heteroatoms. The maximum Gasteiger partial charge on any atom is 0.201 e. The summed E-state index contributed by atoms with van der Waals surface area (Å²) in [5.41, 5.74) is 2.62. The largest absolute Gasteiger partial charge is 0.489 e. The SMILES string of the molecule is CNCc1cnc2ccc(-c3ccc(F)c(F)c3OCC/C(C(=N)C(C)(C)O)=C(\C)NC)cn12. The van der Waals surface area contributed by atoms with Crippen molar-refractivity contribution in [2.45, 2.75) is 39.3 Å². The van der Waals surface area contributed by atoms with Crippen molar-refractivity contribution >= 4 is 11.4 Å². The minimum absolute atomic E-state index is 0.0154. The fourth-order valence-corrected chi connectivity index (χ4v) is 3.68. The van der Waals surface area contributed by atoms with E-state index in [1.165, 1.54) is 19.9 Å². The van der Waals surface area contributed by atoms with Crippen LogP contribution in [-0.2, 0) is 6.54 Å². The molecule has 0 spiro atoms. The van der Waals surface area contributed by atoms with E-state index in [9.17, 15) is 13.9 Å². The van der Waals surface area contributed by atoms with Crippen LogP contribution < -0.4 is 15.4 Å². The molecule has 0 radical (unpaired) electrons. The predicted octanol–water partition coefficient (Wildman–Crippen LogP) is 4.05. The van der Waals surface area contributed by atoms with Crippen molar-refractivity contribution in [1.82, 2.24) is 20.0 Å². The maximum absolute atomic E-state index is 14.9. The van der Waals surface area contributed by atoms with E-state index in [-0.39, 0.29) is 24.5 Å². The monoisotopic (exact) mass is 471 g/mol. The van der Waals surface area contributed by atoms with Gasteiger partial charge >= 0.3 is 0 Å². The molecule has 0 aliphatic rings. The number of nitrogens with zero attached hydrogens (tertiary/aromatic N) is 2. The summed E-state index contributed by atoms with van der Waals surface area (Å²) in [5.74, 6) is -2.29. The number of benzene rings is 1. The first-order chi connectivity index (χ1) is 16.1. The number of hydrogen-bond donors (Lipinski definition) is 4. The topological polar surface area (TPSA) is 94.7 Å². The molecule has 3 rings (SSSR count). The number of nitrogens with one attached hydrogen (secondary N) is 3. The molecule has 34 heavy (non-hydrogen) atoms. The minimum atomic E-state index is -1.35. The third-order valence-corrected chi connectivity index (χ3v) is 5.64. The van der Waals surface area contributed by atoms with E-state index in [1.54, 1.807) is 32.3 Å². The van der Waals surface area contributed by atoms with E-state index in [1.807, 2.05) is 17.6 Å². The summed E-state index contributed by atoms with van der Waals surface area (Å²) in [7, 11) is 3.55. The van der Waals surface area contributed by atoms with Crippen molar-refractivity contribution < 1.29 is 18.6 Å². The van der Waals surface area contributed by atoms with Gasteiger partial charge in [0.25, 0.3) is 0 Å². The minimum Gasteiger partial charge on any atom is -0.489 e. The molecule has 0 unspecified atom stereocenters. The summed E-state index contributed by atoms with van der Waals surface area (Å²) in [5, 5.41) is 24.7. The molecular formula is C25H31F2N5O2. The number of pyridine rings is 1. The Morgan fingerprint density at radius 3 is 2.59 bits per heavy atom. The van der Waals surface area contributed by atoms with Crippen molar-refractivity contribution in [3.05, 3.63) is 65.3 Å². The molecular weight excluding hydrogens is 440 g/mol. The molecule has 2 aromatic heterocycles. The highest BCUT2D eigenvalue weighted by atomic mass is 19.2. The molecule has 0 saturated heterocycles. The lowest BCUT2D eigenvalue weighted by Crippen LogP contribution is -2.34. The highest BCUT2D eigenvalue weighted by molar-refractivity contribution is 6.03. The number of rotatable bonds is 10. The van der Waals surface area contributed by atoms with Gasteiger partial charge in [0, 0.05) is 43.0 Å². The van der Waals surface area contributed by atoms with Crippen LogP contribution >= 0.6 is 0 Å². The van der Waals surface area contributed by atoms with Gasteiger partial charge in [0.2, 0.25) is 5.82 Å². The highest BCUT2D eigenvalue weighted by Gasteiger charge is 2.25. The van der Waals surface area contributed by atoms with Gasteiger partial charge in [-0.05, 0) is 57.7 Å². The zero-order valence-electron chi connectivity index (χ0n) is 20.1. The normalized spacial score (nSPS) is 12.6. The second-order valence-electron chi connectivity index (χ2n) is 8.55. The van der Waals surface area contributed by atoms with Gasteiger partial charge < -0.3 is 30.3 Å². The number of halogens is 2. The smallest absolute Gasteiger partial charge is 0.201 e. The summed E-state index contributed by atoms with van der Waals surface area (Å²) in [6.07, 6.45) is 3.79. The second-order valence-corrected chi connectivity index (χ2v) is 8.55. The fraction of sp³-hybridized carbons (Fsp3) is 0.360. The lowest BCUT2D eigenvalue weighted by atomic mass is 9.92. The van der Waals surface area contributed by atoms with Gasteiger partial charge in [-0.25, -0.2) is 9.37 Å². The first-order valence-electron chi connectivity index (χ1n) is 11.0.